The summed E-state index contributed by atoms with van der Waals surface area (Å²) in [5.74, 6) is 0.384. The molecule has 1 heterocycles. The number of aromatic nitrogens is 1. The normalized spacial score (nSPS) is 12.8. The van der Waals surface area contributed by atoms with E-state index in [2.05, 4.69) is 26.2 Å². The lowest BCUT2D eigenvalue weighted by molar-refractivity contribution is 0.257. The van der Waals surface area contributed by atoms with Crippen LogP contribution in [0.25, 0.3) is 0 Å². The maximum Gasteiger partial charge on any atom is 0.247 e. The van der Waals surface area contributed by atoms with Crippen molar-refractivity contribution in [3.8, 4) is 0 Å². The van der Waals surface area contributed by atoms with E-state index in [4.69, 9.17) is 0 Å². The highest BCUT2D eigenvalue weighted by molar-refractivity contribution is 9.10. The van der Waals surface area contributed by atoms with Gasteiger partial charge in [0.1, 0.15) is 10.7 Å². The van der Waals surface area contributed by atoms with Crippen molar-refractivity contribution in [1.82, 2.24) is 9.29 Å². The Balaban J connectivity index is 3.38. The Morgan fingerprint density at radius 2 is 2.00 bits per heavy atom. The van der Waals surface area contributed by atoms with E-state index in [1.54, 1.807) is 19.3 Å². The van der Waals surface area contributed by atoms with E-state index in [9.17, 15) is 8.42 Å². The van der Waals surface area contributed by atoms with Crippen LogP contribution in [-0.2, 0) is 10.0 Å². The molecule has 1 rings (SSSR count). The van der Waals surface area contributed by atoms with Crippen molar-refractivity contribution in [2.75, 3.05) is 18.9 Å². The van der Waals surface area contributed by atoms with E-state index in [0.29, 0.717) is 16.8 Å². The molecule has 0 saturated heterocycles. The second-order valence-corrected chi connectivity index (χ2v) is 8.02. The quantitative estimate of drug-likeness (QED) is 0.843. The van der Waals surface area contributed by atoms with E-state index < -0.39 is 15.6 Å². The van der Waals surface area contributed by atoms with E-state index in [1.165, 1.54) is 4.31 Å². The molecule has 0 radical (unpaired) electrons. The predicted molar refractivity (Wildman–Crippen MR) is 85.4 cm³/mol. The highest BCUT2D eigenvalue weighted by atomic mass is 79.9. The fourth-order valence-electron chi connectivity index (χ4n) is 1.61. The molecule has 0 fully saturated rings. The van der Waals surface area contributed by atoms with Gasteiger partial charge in [0, 0.05) is 29.8 Å². The molecule has 1 aromatic heterocycles. The summed E-state index contributed by atoms with van der Waals surface area (Å²) in [7, 11) is -2.00. The van der Waals surface area contributed by atoms with Gasteiger partial charge >= 0.3 is 0 Å². The molecule has 0 aliphatic rings. The van der Waals surface area contributed by atoms with Crippen LogP contribution in [0.3, 0.4) is 0 Å². The molecule has 0 bridgehead atoms. The van der Waals surface area contributed by atoms with Crippen LogP contribution in [0.5, 0.6) is 0 Å². The van der Waals surface area contributed by atoms with Crippen LogP contribution < -0.4 is 5.32 Å². The molecule has 5 nitrogen and oxygen atoms in total. The number of hydrogen-bond donors (Lipinski definition) is 1. The lowest BCUT2D eigenvalue weighted by atomic mass is 10.0. The topological polar surface area (TPSA) is 62.3 Å². The van der Waals surface area contributed by atoms with Gasteiger partial charge < -0.3 is 5.32 Å². The minimum absolute atomic E-state index is 0.192. The number of nitrogens with one attached hydrogen (secondary N) is 1. The third-order valence-corrected chi connectivity index (χ3v) is 6.04. The zero-order chi connectivity index (χ0) is 15.6. The van der Waals surface area contributed by atoms with Crippen LogP contribution in [0.4, 0.5) is 5.82 Å². The van der Waals surface area contributed by atoms with Gasteiger partial charge in [-0.25, -0.2) is 13.4 Å². The van der Waals surface area contributed by atoms with Crippen molar-refractivity contribution >= 4 is 31.8 Å². The van der Waals surface area contributed by atoms with Gasteiger partial charge in [-0.15, -0.1) is 0 Å². The second-order valence-electron chi connectivity index (χ2n) is 5.17. The molecular formula is C13H22BrN3O2S. The average molecular weight is 364 g/mol. The van der Waals surface area contributed by atoms with Crippen molar-refractivity contribution in [1.29, 1.82) is 0 Å². The standard InChI is InChI=1S/C13H22BrN3O2S/c1-6-13(3,4)17(5)20(18,19)11-8-10(14)9-16-12(11)15-7-2/h8-9H,6-7H2,1-5H3,(H,15,16). The monoisotopic (exact) mass is 363 g/mol. The number of halogens is 1. The number of pyridine rings is 1. The van der Waals surface area contributed by atoms with E-state index >= 15 is 0 Å². The van der Waals surface area contributed by atoms with Gasteiger partial charge in [0.25, 0.3) is 0 Å². The molecule has 0 unspecified atom stereocenters. The third kappa shape index (κ3) is 3.51. The summed E-state index contributed by atoms with van der Waals surface area (Å²) in [6.07, 6.45) is 2.31. The molecule has 0 amide bonds. The highest BCUT2D eigenvalue weighted by Crippen LogP contribution is 2.30. The summed E-state index contributed by atoms with van der Waals surface area (Å²) in [4.78, 5) is 4.35. The van der Waals surface area contributed by atoms with Gasteiger partial charge in [-0.1, -0.05) is 6.92 Å². The van der Waals surface area contributed by atoms with E-state index in [-0.39, 0.29) is 4.90 Å². The average Bonchev–Trinajstić information content (AvgIpc) is 2.40. The van der Waals surface area contributed by atoms with Crippen molar-refractivity contribution < 1.29 is 8.42 Å². The molecule has 0 aliphatic heterocycles. The van der Waals surface area contributed by atoms with Gasteiger partial charge in [-0.05, 0) is 49.2 Å². The van der Waals surface area contributed by atoms with Crippen LogP contribution >= 0.6 is 15.9 Å². The van der Waals surface area contributed by atoms with Gasteiger partial charge in [0.05, 0.1) is 0 Å². The molecule has 7 heteroatoms. The Bertz CT molecular complexity index is 573. The minimum Gasteiger partial charge on any atom is -0.369 e. The van der Waals surface area contributed by atoms with Gasteiger partial charge in [-0.2, -0.15) is 4.31 Å². The van der Waals surface area contributed by atoms with Crippen LogP contribution in [0, 0.1) is 0 Å². The van der Waals surface area contributed by atoms with Crippen molar-refractivity contribution in [2.24, 2.45) is 0 Å². The Kier molecular flexibility index (Phi) is 5.57. The van der Waals surface area contributed by atoms with Crippen LogP contribution in [-0.4, -0.2) is 36.8 Å². The summed E-state index contributed by atoms with van der Waals surface area (Å²) in [5, 5.41) is 3.00. The maximum atomic E-state index is 12.8. The first-order valence-electron chi connectivity index (χ1n) is 6.55. The third-order valence-electron chi connectivity index (χ3n) is 3.52. The first-order chi connectivity index (χ1) is 9.16. The molecule has 1 aromatic rings. The van der Waals surface area contributed by atoms with Crippen molar-refractivity contribution in [3.63, 3.8) is 0 Å². The van der Waals surface area contributed by atoms with Crippen molar-refractivity contribution in [2.45, 2.75) is 44.6 Å². The largest absolute Gasteiger partial charge is 0.369 e. The Morgan fingerprint density at radius 1 is 1.40 bits per heavy atom. The van der Waals surface area contributed by atoms with Gasteiger partial charge in [-0.3, -0.25) is 0 Å². The molecule has 114 valence electrons. The second kappa shape index (κ2) is 6.41. The zero-order valence-electron chi connectivity index (χ0n) is 12.6. The summed E-state index contributed by atoms with van der Waals surface area (Å²) < 4.78 is 27.7. The molecule has 0 aromatic carbocycles. The van der Waals surface area contributed by atoms with E-state index in [0.717, 1.165) is 6.42 Å². The highest BCUT2D eigenvalue weighted by Gasteiger charge is 2.34. The molecular weight excluding hydrogens is 342 g/mol. The number of rotatable bonds is 6. The fourth-order valence-corrected chi connectivity index (χ4v) is 3.82. The number of hydrogen-bond acceptors (Lipinski definition) is 4. The Labute approximate surface area is 130 Å². The van der Waals surface area contributed by atoms with Gasteiger partial charge in [0.2, 0.25) is 10.0 Å². The molecule has 0 saturated carbocycles. The molecule has 20 heavy (non-hydrogen) atoms. The smallest absolute Gasteiger partial charge is 0.247 e. The lowest BCUT2D eigenvalue weighted by Gasteiger charge is -2.34. The summed E-state index contributed by atoms with van der Waals surface area (Å²) in [6, 6.07) is 1.59. The van der Waals surface area contributed by atoms with E-state index in [1.807, 2.05) is 27.7 Å². The Morgan fingerprint density at radius 3 is 2.50 bits per heavy atom. The zero-order valence-corrected chi connectivity index (χ0v) is 15.0. The van der Waals surface area contributed by atoms with Crippen molar-refractivity contribution in [3.05, 3.63) is 16.7 Å². The fraction of sp³-hybridized carbons (Fsp3) is 0.615. The molecule has 0 atom stereocenters. The lowest BCUT2D eigenvalue weighted by Crippen LogP contribution is -2.44. The molecule has 1 N–H and O–H groups in total. The summed E-state index contributed by atoms with van der Waals surface area (Å²) in [6.45, 7) is 8.29. The summed E-state index contributed by atoms with van der Waals surface area (Å²) >= 11 is 3.28. The van der Waals surface area contributed by atoms with Crippen LogP contribution in [0.2, 0.25) is 0 Å². The minimum atomic E-state index is -3.61. The molecule has 0 spiro atoms. The number of nitrogens with zero attached hydrogens (tertiary/aromatic N) is 2. The van der Waals surface area contributed by atoms with Crippen LogP contribution in [0.1, 0.15) is 34.1 Å². The Hall–Kier alpha value is -0.660. The number of sulfonamides is 1. The predicted octanol–water partition coefficient (Wildman–Crippen LogP) is 3.09. The molecule has 0 aliphatic carbocycles. The first kappa shape index (κ1) is 17.4. The first-order valence-corrected chi connectivity index (χ1v) is 8.78. The SMILES string of the molecule is CCNc1ncc(Br)cc1S(=O)(=O)N(C)C(C)(C)CC. The summed E-state index contributed by atoms with van der Waals surface area (Å²) in [5.41, 5.74) is -0.454. The van der Waals surface area contributed by atoms with Gasteiger partial charge in [0.15, 0.2) is 0 Å². The maximum absolute atomic E-state index is 12.8. The number of anilines is 1. The van der Waals surface area contributed by atoms with Crippen LogP contribution in [0.15, 0.2) is 21.6 Å².